The molecule has 0 N–H and O–H groups in total. The normalized spacial score (nSPS) is 9.25. The molecule has 0 radical (unpaired) electrons. The van der Waals surface area contributed by atoms with Crippen molar-refractivity contribution in [3.63, 3.8) is 0 Å². The van der Waals surface area contributed by atoms with Crippen molar-refractivity contribution in [2.24, 2.45) is 5.11 Å². The molecule has 1 aromatic carbocycles. The van der Waals surface area contributed by atoms with Gasteiger partial charge in [0.1, 0.15) is 0 Å². The van der Waals surface area contributed by atoms with Crippen LogP contribution in [0.4, 0.5) is 5.69 Å². The summed E-state index contributed by atoms with van der Waals surface area (Å²) in [7, 11) is 0. The number of hydrogen-bond donors (Lipinski definition) is 0. The predicted molar refractivity (Wildman–Crippen MR) is 55.4 cm³/mol. The number of hydrogen-bond acceptors (Lipinski definition) is 1. The maximum atomic E-state index is 8.26. The molecule has 3 nitrogen and oxygen atoms in total. The van der Waals surface area contributed by atoms with Crippen molar-refractivity contribution < 1.29 is 0 Å². The van der Waals surface area contributed by atoms with Gasteiger partial charge in [0.15, 0.2) is 0 Å². The van der Waals surface area contributed by atoms with Gasteiger partial charge in [0.25, 0.3) is 0 Å². The highest BCUT2D eigenvalue weighted by Crippen LogP contribution is 2.32. The molecule has 0 saturated carbocycles. The molecule has 0 atom stereocenters. The molecule has 0 fully saturated rings. The highest BCUT2D eigenvalue weighted by molar-refractivity contribution is 9.11. The second-order valence-corrected chi connectivity index (χ2v) is 4.01. The van der Waals surface area contributed by atoms with E-state index >= 15 is 0 Å². The second-order valence-electron chi connectivity index (χ2n) is 2.24. The first kappa shape index (κ1) is 9.58. The summed E-state index contributed by atoms with van der Waals surface area (Å²) in [6, 6.07) is 3.74. The van der Waals surface area contributed by atoms with E-state index in [-0.39, 0.29) is 0 Å². The minimum Gasteiger partial charge on any atom is -0.0593 e. The fraction of sp³-hybridized carbons (Fsp3) is 0.143. The molecule has 0 aromatic heterocycles. The molecule has 0 aliphatic heterocycles. The van der Waals surface area contributed by atoms with E-state index in [2.05, 4.69) is 41.9 Å². The zero-order chi connectivity index (χ0) is 9.14. The molecule has 1 rings (SSSR count). The zero-order valence-corrected chi connectivity index (χ0v) is 9.42. The van der Waals surface area contributed by atoms with Gasteiger partial charge in [-0.2, -0.15) is 0 Å². The Balaban J connectivity index is 3.37. The van der Waals surface area contributed by atoms with E-state index in [9.17, 15) is 0 Å². The first-order valence-corrected chi connectivity index (χ1v) is 4.74. The van der Waals surface area contributed by atoms with Gasteiger partial charge in [-0.15, -0.1) is 0 Å². The third kappa shape index (κ3) is 2.00. The SMILES string of the molecule is Cc1cc(Br)cc(Br)c1N=[N+]=[N-]. The minimum absolute atomic E-state index is 0.640. The number of benzene rings is 1. The third-order valence-corrected chi connectivity index (χ3v) is 2.43. The quantitative estimate of drug-likeness (QED) is 0.416. The van der Waals surface area contributed by atoms with Gasteiger partial charge in [0, 0.05) is 13.9 Å². The van der Waals surface area contributed by atoms with Crippen molar-refractivity contribution in [1.29, 1.82) is 0 Å². The van der Waals surface area contributed by atoms with Gasteiger partial charge in [0.2, 0.25) is 0 Å². The Morgan fingerprint density at radius 1 is 1.42 bits per heavy atom. The second kappa shape index (κ2) is 3.94. The maximum absolute atomic E-state index is 8.26. The summed E-state index contributed by atoms with van der Waals surface area (Å²) in [4.78, 5) is 2.74. The maximum Gasteiger partial charge on any atom is 0.0547 e. The molecule has 0 aliphatic carbocycles. The molecule has 5 heteroatoms. The van der Waals surface area contributed by atoms with Crippen molar-refractivity contribution in [1.82, 2.24) is 0 Å². The average Bonchev–Trinajstić information content (AvgIpc) is 1.96. The fourth-order valence-corrected chi connectivity index (χ4v) is 2.38. The van der Waals surface area contributed by atoms with Gasteiger partial charge >= 0.3 is 0 Å². The van der Waals surface area contributed by atoms with Gasteiger partial charge < -0.3 is 0 Å². The smallest absolute Gasteiger partial charge is 0.0547 e. The molecule has 0 aliphatic rings. The summed E-state index contributed by atoms with van der Waals surface area (Å²) in [5.41, 5.74) is 9.84. The van der Waals surface area contributed by atoms with E-state index in [0.29, 0.717) is 5.69 Å². The molecule has 62 valence electrons. The van der Waals surface area contributed by atoms with Gasteiger partial charge in [-0.25, -0.2) is 0 Å². The van der Waals surface area contributed by atoms with Gasteiger partial charge in [-0.3, -0.25) is 0 Å². The standard InChI is InChI=1S/C7H5Br2N3/c1-4-2-5(8)3-6(9)7(4)11-12-10/h2-3H,1H3. The number of azide groups is 1. The van der Waals surface area contributed by atoms with E-state index in [0.717, 1.165) is 14.5 Å². The lowest BCUT2D eigenvalue weighted by Gasteiger charge is -2.02. The number of halogens is 2. The first-order chi connectivity index (χ1) is 5.65. The molecule has 0 spiro atoms. The van der Waals surface area contributed by atoms with E-state index in [4.69, 9.17) is 5.53 Å². The third-order valence-electron chi connectivity index (χ3n) is 1.36. The zero-order valence-electron chi connectivity index (χ0n) is 6.25. The van der Waals surface area contributed by atoms with Gasteiger partial charge in [0.05, 0.1) is 5.69 Å². The average molecular weight is 291 g/mol. The topological polar surface area (TPSA) is 48.8 Å². The van der Waals surface area contributed by atoms with Crippen LogP contribution in [0.3, 0.4) is 0 Å². The van der Waals surface area contributed by atoms with Crippen molar-refractivity contribution >= 4 is 37.5 Å². The van der Waals surface area contributed by atoms with Crippen LogP contribution in [0, 0.1) is 6.92 Å². The molecule has 0 heterocycles. The lowest BCUT2D eigenvalue weighted by atomic mass is 10.2. The summed E-state index contributed by atoms with van der Waals surface area (Å²) in [6.45, 7) is 1.89. The summed E-state index contributed by atoms with van der Waals surface area (Å²) < 4.78 is 1.76. The minimum atomic E-state index is 0.640. The number of nitrogens with zero attached hydrogens (tertiary/aromatic N) is 3. The molecular formula is C7H5Br2N3. The fourth-order valence-electron chi connectivity index (χ4n) is 0.866. The molecule has 0 bridgehead atoms. The van der Waals surface area contributed by atoms with Crippen LogP contribution < -0.4 is 0 Å². The predicted octanol–water partition coefficient (Wildman–Crippen LogP) is 4.46. The summed E-state index contributed by atoms with van der Waals surface area (Å²) in [5, 5.41) is 3.56. The molecule has 0 saturated heterocycles. The van der Waals surface area contributed by atoms with E-state index in [1.807, 2.05) is 19.1 Å². The largest absolute Gasteiger partial charge is 0.0593 e. The Labute approximate surface area is 86.7 Å². The Morgan fingerprint density at radius 2 is 2.08 bits per heavy atom. The summed E-state index contributed by atoms with van der Waals surface area (Å²) >= 11 is 6.64. The molecule has 0 amide bonds. The van der Waals surface area contributed by atoms with Crippen LogP contribution in [0.5, 0.6) is 0 Å². The van der Waals surface area contributed by atoms with Crippen molar-refractivity contribution in [3.05, 3.63) is 37.1 Å². The van der Waals surface area contributed by atoms with Crippen LogP contribution in [0.15, 0.2) is 26.2 Å². The summed E-state index contributed by atoms with van der Waals surface area (Å²) in [5.74, 6) is 0. The molecular weight excluding hydrogens is 286 g/mol. The van der Waals surface area contributed by atoms with E-state index in [1.54, 1.807) is 0 Å². The number of aryl methyl sites for hydroxylation is 1. The Hall–Kier alpha value is -0.510. The van der Waals surface area contributed by atoms with Crippen LogP contribution in [0.25, 0.3) is 10.4 Å². The van der Waals surface area contributed by atoms with E-state index < -0.39 is 0 Å². The monoisotopic (exact) mass is 289 g/mol. The van der Waals surface area contributed by atoms with Gasteiger partial charge in [-0.1, -0.05) is 37.0 Å². The lowest BCUT2D eigenvalue weighted by Crippen LogP contribution is -1.76. The van der Waals surface area contributed by atoms with Crippen LogP contribution >= 0.6 is 31.9 Å². The molecule has 12 heavy (non-hydrogen) atoms. The number of rotatable bonds is 1. The summed E-state index contributed by atoms with van der Waals surface area (Å²) in [6.07, 6.45) is 0. The highest BCUT2D eigenvalue weighted by atomic mass is 79.9. The Morgan fingerprint density at radius 3 is 2.58 bits per heavy atom. The lowest BCUT2D eigenvalue weighted by molar-refractivity contribution is 1.34. The van der Waals surface area contributed by atoms with Crippen LogP contribution in [-0.4, -0.2) is 0 Å². The first-order valence-electron chi connectivity index (χ1n) is 3.16. The highest BCUT2D eigenvalue weighted by Gasteiger charge is 2.02. The van der Waals surface area contributed by atoms with Crippen molar-refractivity contribution in [2.45, 2.75) is 6.92 Å². The van der Waals surface area contributed by atoms with Crippen molar-refractivity contribution in [2.75, 3.05) is 0 Å². The Bertz CT molecular complexity index is 333. The van der Waals surface area contributed by atoms with Crippen LogP contribution in [-0.2, 0) is 0 Å². The van der Waals surface area contributed by atoms with Crippen molar-refractivity contribution in [3.8, 4) is 0 Å². The van der Waals surface area contributed by atoms with E-state index in [1.165, 1.54) is 0 Å². The van der Waals surface area contributed by atoms with Gasteiger partial charge in [-0.05, 0) is 30.2 Å². The molecule has 0 unspecified atom stereocenters. The molecule has 1 aromatic rings. The Kier molecular flexibility index (Phi) is 3.14. The van der Waals surface area contributed by atoms with Crippen LogP contribution in [0.1, 0.15) is 5.56 Å². The van der Waals surface area contributed by atoms with Crippen LogP contribution in [0.2, 0.25) is 0 Å².